The molecule has 0 radical (unpaired) electrons. The number of fused-ring (bicyclic) bond motifs is 1. The quantitative estimate of drug-likeness (QED) is 0.299. The zero-order valence-corrected chi connectivity index (χ0v) is 22.5. The van der Waals surface area contributed by atoms with E-state index in [4.69, 9.17) is 24.7 Å². The molecule has 4 N–H and O–H groups in total. The van der Waals surface area contributed by atoms with Crippen LogP contribution in [0.1, 0.15) is 18.9 Å². The lowest BCUT2D eigenvalue weighted by molar-refractivity contribution is -0.118. The zero-order valence-electron chi connectivity index (χ0n) is 22.5. The first-order chi connectivity index (χ1) is 19.8. The van der Waals surface area contributed by atoms with Crippen LogP contribution >= 0.6 is 0 Å². The molecule has 2 aliphatic rings. The average molecular weight is 562 g/mol. The van der Waals surface area contributed by atoms with Gasteiger partial charge in [0.25, 0.3) is 5.91 Å². The van der Waals surface area contributed by atoms with Gasteiger partial charge in [0.05, 0.1) is 6.54 Å². The van der Waals surface area contributed by atoms with E-state index < -0.39 is 12.2 Å². The number of primary amides is 1. The van der Waals surface area contributed by atoms with Crippen molar-refractivity contribution in [1.29, 1.82) is 0 Å². The van der Waals surface area contributed by atoms with E-state index in [1.807, 2.05) is 42.5 Å². The van der Waals surface area contributed by atoms with Crippen molar-refractivity contribution in [2.24, 2.45) is 5.73 Å². The monoisotopic (exact) mass is 561 g/mol. The molecule has 2 aliphatic heterocycles. The molecule has 3 heterocycles. The van der Waals surface area contributed by atoms with Crippen LogP contribution in [0.4, 0.5) is 21.2 Å². The fraction of sp³-hybridized carbons (Fsp3) is 0.310. The molecular weight excluding hydrogens is 530 g/mol. The van der Waals surface area contributed by atoms with E-state index in [1.54, 1.807) is 19.1 Å². The Morgan fingerprint density at radius 3 is 2.80 bits per heavy atom. The summed E-state index contributed by atoms with van der Waals surface area (Å²) in [6.45, 7) is 3.46. The van der Waals surface area contributed by atoms with Gasteiger partial charge in [0.15, 0.2) is 18.2 Å². The first-order valence-electron chi connectivity index (χ1n) is 13.2. The highest BCUT2D eigenvalue weighted by Crippen LogP contribution is 2.30. The maximum atomic E-state index is 12.5. The first-order valence-corrected chi connectivity index (χ1v) is 13.2. The summed E-state index contributed by atoms with van der Waals surface area (Å²) in [6.07, 6.45) is -1.31. The molecule has 2 aromatic carbocycles. The van der Waals surface area contributed by atoms with Gasteiger partial charge in [0, 0.05) is 6.54 Å². The van der Waals surface area contributed by atoms with Crippen LogP contribution in [0, 0.1) is 0 Å². The van der Waals surface area contributed by atoms with Gasteiger partial charge in [-0.2, -0.15) is 0 Å². The standard InChI is InChI=1S/C29H31N5O7/c1-18(16-39-28(30)36)40-22-7-3-6-21(13-22)20-5-2-4-19(12-20)14-31-11-10-23-15-34(29(37)41-23)25-9-8-24-27(32-25)33-26(35)17-38-24/h2-9,12-13,18,23,31H,10-11,14-17H2,1H3,(H2,30,36)(H,32,33,35)/t18?,23-/m0/s1. The van der Waals surface area contributed by atoms with E-state index >= 15 is 0 Å². The molecule has 41 heavy (non-hydrogen) atoms. The van der Waals surface area contributed by atoms with Crippen molar-refractivity contribution in [1.82, 2.24) is 10.3 Å². The summed E-state index contributed by atoms with van der Waals surface area (Å²) in [5, 5.41) is 6.07. The van der Waals surface area contributed by atoms with Gasteiger partial charge < -0.3 is 35.3 Å². The smallest absolute Gasteiger partial charge is 0.415 e. The SMILES string of the molecule is CC(COC(N)=O)Oc1cccc(-c2cccc(CNCC[C@H]3CN(c4ccc5c(n4)NC(=O)CO5)C(=O)O3)c2)c1. The van der Waals surface area contributed by atoms with Crippen molar-refractivity contribution in [2.75, 3.05) is 36.5 Å². The molecular formula is C29H31N5O7. The molecule has 2 atom stereocenters. The number of benzene rings is 2. The molecule has 1 fully saturated rings. The van der Waals surface area contributed by atoms with Gasteiger partial charge in [0.2, 0.25) is 0 Å². The second-order valence-corrected chi connectivity index (χ2v) is 9.72. The van der Waals surface area contributed by atoms with Crippen molar-refractivity contribution >= 4 is 29.7 Å². The third-order valence-electron chi connectivity index (χ3n) is 6.47. The molecule has 0 saturated carbocycles. The van der Waals surface area contributed by atoms with E-state index in [0.717, 1.165) is 16.7 Å². The number of aromatic nitrogens is 1. The van der Waals surface area contributed by atoms with Crippen LogP contribution < -0.4 is 30.7 Å². The number of carbonyl (C=O) groups is 3. The zero-order chi connectivity index (χ0) is 28.8. The Morgan fingerprint density at radius 2 is 1.98 bits per heavy atom. The van der Waals surface area contributed by atoms with Crippen LogP contribution in [0.5, 0.6) is 11.5 Å². The van der Waals surface area contributed by atoms with E-state index in [-0.39, 0.29) is 31.3 Å². The number of anilines is 2. The fourth-order valence-electron chi connectivity index (χ4n) is 4.53. The lowest BCUT2D eigenvalue weighted by Gasteiger charge is -2.19. The van der Waals surface area contributed by atoms with Gasteiger partial charge in [-0.1, -0.05) is 30.3 Å². The molecule has 12 heteroatoms. The van der Waals surface area contributed by atoms with Gasteiger partial charge in [0.1, 0.15) is 30.4 Å². The van der Waals surface area contributed by atoms with E-state index in [2.05, 4.69) is 21.7 Å². The highest BCUT2D eigenvalue weighted by molar-refractivity contribution is 5.95. The van der Waals surface area contributed by atoms with Crippen molar-refractivity contribution in [3.8, 4) is 22.6 Å². The van der Waals surface area contributed by atoms with Crippen LogP contribution in [-0.2, 0) is 20.8 Å². The molecule has 1 unspecified atom stereocenters. The molecule has 0 bridgehead atoms. The summed E-state index contributed by atoms with van der Waals surface area (Å²) in [6, 6.07) is 19.2. The Morgan fingerprint density at radius 1 is 1.17 bits per heavy atom. The summed E-state index contributed by atoms with van der Waals surface area (Å²) in [4.78, 5) is 40.7. The second-order valence-electron chi connectivity index (χ2n) is 9.72. The van der Waals surface area contributed by atoms with Gasteiger partial charge in [-0.25, -0.2) is 14.6 Å². The maximum Gasteiger partial charge on any atom is 0.415 e. The number of cyclic esters (lactones) is 1. The number of nitrogens with zero attached hydrogens (tertiary/aromatic N) is 2. The molecule has 12 nitrogen and oxygen atoms in total. The number of nitrogens with two attached hydrogens (primary N) is 1. The largest absolute Gasteiger partial charge is 0.487 e. The van der Waals surface area contributed by atoms with Crippen molar-refractivity contribution in [3.63, 3.8) is 0 Å². The third-order valence-corrected chi connectivity index (χ3v) is 6.47. The van der Waals surface area contributed by atoms with E-state index in [1.165, 1.54) is 4.90 Å². The van der Waals surface area contributed by atoms with Gasteiger partial charge in [-0.3, -0.25) is 9.69 Å². The Kier molecular flexibility index (Phi) is 8.49. The van der Waals surface area contributed by atoms with Crippen LogP contribution in [-0.4, -0.2) is 61.6 Å². The van der Waals surface area contributed by atoms with Crippen LogP contribution in [0.15, 0.2) is 60.7 Å². The summed E-state index contributed by atoms with van der Waals surface area (Å²) in [7, 11) is 0. The van der Waals surface area contributed by atoms with E-state index in [0.29, 0.717) is 49.2 Å². The lowest BCUT2D eigenvalue weighted by Crippen LogP contribution is -2.29. The summed E-state index contributed by atoms with van der Waals surface area (Å²) in [5.74, 6) is 1.53. The normalized spacial score (nSPS) is 16.7. The van der Waals surface area contributed by atoms with Gasteiger partial charge >= 0.3 is 12.2 Å². The van der Waals surface area contributed by atoms with Crippen molar-refractivity contribution in [2.45, 2.75) is 32.1 Å². The number of nitrogens with one attached hydrogen (secondary N) is 2. The molecule has 1 saturated heterocycles. The number of ether oxygens (including phenoxy) is 4. The van der Waals surface area contributed by atoms with Gasteiger partial charge in [-0.05, 0) is 66.9 Å². The highest BCUT2D eigenvalue weighted by Gasteiger charge is 2.33. The molecule has 3 amide bonds. The summed E-state index contributed by atoms with van der Waals surface area (Å²) >= 11 is 0. The predicted octanol–water partition coefficient (Wildman–Crippen LogP) is 3.45. The van der Waals surface area contributed by atoms with Crippen LogP contribution in [0.3, 0.4) is 0 Å². The molecule has 214 valence electrons. The number of rotatable bonds is 11. The molecule has 0 spiro atoms. The summed E-state index contributed by atoms with van der Waals surface area (Å²) < 4.78 is 21.5. The van der Waals surface area contributed by atoms with E-state index in [9.17, 15) is 14.4 Å². The lowest BCUT2D eigenvalue weighted by atomic mass is 10.0. The minimum atomic E-state index is -0.832. The topological polar surface area (TPSA) is 154 Å². The highest BCUT2D eigenvalue weighted by atomic mass is 16.6. The molecule has 1 aromatic heterocycles. The predicted molar refractivity (Wildman–Crippen MR) is 150 cm³/mol. The number of pyridine rings is 1. The molecule has 5 rings (SSSR count). The Balaban J connectivity index is 1.11. The number of carbonyl (C=O) groups excluding carboxylic acids is 3. The molecule has 3 aromatic rings. The fourth-order valence-corrected chi connectivity index (χ4v) is 4.53. The van der Waals surface area contributed by atoms with Crippen LogP contribution in [0.2, 0.25) is 0 Å². The van der Waals surface area contributed by atoms with Crippen molar-refractivity contribution in [3.05, 3.63) is 66.2 Å². The molecule has 0 aliphatic carbocycles. The Bertz CT molecular complexity index is 1430. The second kappa shape index (κ2) is 12.6. The number of hydrogen-bond donors (Lipinski definition) is 3. The van der Waals surface area contributed by atoms with Crippen LogP contribution in [0.25, 0.3) is 11.1 Å². The average Bonchev–Trinajstić information content (AvgIpc) is 3.34. The summed E-state index contributed by atoms with van der Waals surface area (Å²) in [5.41, 5.74) is 8.15. The Hall–Kier alpha value is -4.84. The number of amides is 3. The maximum absolute atomic E-state index is 12.5. The number of hydrogen-bond acceptors (Lipinski definition) is 9. The minimum Gasteiger partial charge on any atom is -0.487 e. The first kappa shape index (κ1) is 27.7. The van der Waals surface area contributed by atoms with Gasteiger partial charge in [-0.15, -0.1) is 0 Å². The van der Waals surface area contributed by atoms with Crippen molar-refractivity contribution < 1.29 is 33.3 Å². The minimum absolute atomic E-state index is 0.0579. The third kappa shape index (κ3) is 7.22. The Labute approximate surface area is 236 Å².